The van der Waals surface area contributed by atoms with Crippen molar-refractivity contribution in [3.8, 4) is 0 Å². The fourth-order valence-electron chi connectivity index (χ4n) is 0.214. The van der Waals surface area contributed by atoms with Crippen molar-refractivity contribution >= 4 is 22.1 Å². The monoisotopic (exact) mass is 173 g/mol. The molecule has 0 N–H and O–H groups in total. The maximum atomic E-state index is 3.74. The number of hydrogen-bond acceptors (Lipinski definition) is 1. The van der Waals surface area contributed by atoms with Gasteiger partial charge in [-0.25, -0.2) is 0 Å². The van der Waals surface area contributed by atoms with Crippen LogP contribution >= 0.6 is 15.9 Å². The van der Waals surface area contributed by atoms with Crippen molar-refractivity contribution in [1.29, 1.82) is 0 Å². The van der Waals surface area contributed by atoms with Gasteiger partial charge < -0.3 is 0 Å². The van der Waals surface area contributed by atoms with Gasteiger partial charge in [-0.05, 0) is 6.08 Å². The number of aliphatic imine (C=N–C) groups is 1. The lowest BCUT2D eigenvalue weighted by atomic mass is 10.5. The molecule has 0 fully saturated rings. The van der Waals surface area contributed by atoms with Gasteiger partial charge in [0.2, 0.25) is 0 Å². The molecule has 0 atom stereocenters. The Morgan fingerprint density at radius 1 is 1.75 bits per heavy atom. The van der Waals surface area contributed by atoms with Gasteiger partial charge in [-0.15, -0.1) is 0 Å². The molecule has 1 nitrogen and oxygen atoms in total. The van der Waals surface area contributed by atoms with Crippen molar-refractivity contribution in [1.82, 2.24) is 0 Å². The fraction of sp³-hybridized carbons (Fsp3) is 0.167. The molecule has 0 aromatic rings. The molecular formula is C6H8BrN. The van der Waals surface area contributed by atoms with E-state index in [9.17, 15) is 0 Å². The summed E-state index contributed by atoms with van der Waals surface area (Å²) in [7, 11) is 1.72. The molecule has 0 aromatic carbocycles. The Morgan fingerprint density at radius 3 is 2.75 bits per heavy atom. The highest BCUT2D eigenvalue weighted by Gasteiger charge is 1.73. The quantitative estimate of drug-likeness (QED) is 0.449. The number of allylic oxidation sites excluding steroid dienone is 3. The highest BCUT2D eigenvalue weighted by molar-refractivity contribution is 9.11. The van der Waals surface area contributed by atoms with Crippen LogP contribution in [0.25, 0.3) is 0 Å². The Balaban J connectivity index is 3.74. The van der Waals surface area contributed by atoms with E-state index in [-0.39, 0.29) is 0 Å². The second-order valence-corrected chi connectivity index (χ2v) is 2.08. The molecule has 0 aliphatic carbocycles. The molecule has 0 aromatic heterocycles. The molecule has 0 unspecified atom stereocenters. The van der Waals surface area contributed by atoms with E-state index in [1.54, 1.807) is 19.3 Å². The summed E-state index contributed by atoms with van der Waals surface area (Å²) in [5.74, 6) is 0. The van der Waals surface area contributed by atoms with E-state index in [2.05, 4.69) is 27.5 Å². The third-order valence-electron chi connectivity index (χ3n) is 0.578. The van der Waals surface area contributed by atoms with Crippen molar-refractivity contribution in [2.75, 3.05) is 7.05 Å². The average Bonchev–Trinajstić information content (AvgIpc) is 1.83. The number of halogens is 1. The lowest BCUT2D eigenvalue weighted by Gasteiger charge is -1.78. The molecule has 44 valence electrons. The Hall–Kier alpha value is -0.370. The molecule has 0 spiro atoms. The second kappa shape index (κ2) is 4.78. The molecule has 2 heteroatoms. The minimum atomic E-state index is 0.947. The number of nitrogens with zero attached hydrogens (tertiary/aromatic N) is 1. The molecule has 0 saturated heterocycles. The predicted molar refractivity (Wildman–Crippen MR) is 41.6 cm³/mol. The Labute approximate surface area is 57.9 Å². The summed E-state index contributed by atoms with van der Waals surface area (Å²) in [6.07, 6.45) is 5.24. The maximum absolute atomic E-state index is 3.74. The molecule has 0 aliphatic heterocycles. The molecule has 8 heavy (non-hydrogen) atoms. The normalized spacial score (nSPS) is 12.5. The summed E-state index contributed by atoms with van der Waals surface area (Å²) in [6.45, 7) is 3.54. The maximum Gasteiger partial charge on any atom is 0.0277 e. The van der Waals surface area contributed by atoms with Crippen LogP contribution in [0.2, 0.25) is 0 Å². The third kappa shape index (κ3) is 3.81. The van der Waals surface area contributed by atoms with Gasteiger partial charge in [-0.3, -0.25) is 4.99 Å². The summed E-state index contributed by atoms with van der Waals surface area (Å²) in [5.41, 5.74) is 0. The van der Waals surface area contributed by atoms with Crippen LogP contribution in [0.1, 0.15) is 0 Å². The molecule has 0 saturated carbocycles. The van der Waals surface area contributed by atoms with Gasteiger partial charge >= 0.3 is 0 Å². The van der Waals surface area contributed by atoms with Crippen LogP contribution in [-0.4, -0.2) is 13.3 Å². The first-order valence-electron chi connectivity index (χ1n) is 2.21. The predicted octanol–water partition coefficient (Wildman–Crippen LogP) is 2.15. The van der Waals surface area contributed by atoms with Crippen LogP contribution in [0.15, 0.2) is 28.2 Å². The van der Waals surface area contributed by atoms with E-state index in [0.717, 1.165) is 4.48 Å². The minimum absolute atomic E-state index is 0.947. The second-order valence-electron chi connectivity index (χ2n) is 1.16. The molecule has 0 rings (SSSR count). The fourth-order valence-corrected chi connectivity index (χ4v) is 0.332. The van der Waals surface area contributed by atoms with Crippen LogP contribution in [-0.2, 0) is 0 Å². The van der Waals surface area contributed by atoms with Crippen LogP contribution in [0, 0.1) is 0 Å². The van der Waals surface area contributed by atoms with Crippen molar-refractivity contribution in [2.45, 2.75) is 0 Å². The molecule has 0 aliphatic rings. The Kier molecular flexibility index (Phi) is 4.56. The summed E-state index contributed by atoms with van der Waals surface area (Å²) in [5, 5.41) is 0. The molecule has 0 radical (unpaired) electrons. The summed E-state index contributed by atoms with van der Waals surface area (Å²) >= 11 is 3.23. The van der Waals surface area contributed by atoms with Gasteiger partial charge in [0.05, 0.1) is 0 Å². The van der Waals surface area contributed by atoms with E-state index >= 15 is 0 Å². The van der Waals surface area contributed by atoms with Gasteiger partial charge in [-0.2, -0.15) is 0 Å². The summed E-state index contributed by atoms with van der Waals surface area (Å²) in [4.78, 5) is 3.74. The topological polar surface area (TPSA) is 12.4 Å². The van der Waals surface area contributed by atoms with Crippen LogP contribution < -0.4 is 0 Å². The minimum Gasteiger partial charge on any atom is -0.296 e. The van der Waals surface area contributed by atoms with E-state index < -0.39 is 0 Å². The first kappa shape index (κ1) is 7.63. The van der Waals surface area contributed by atoms with Crippen LogP contribution in [0.3, 0.4) is 0 Å². The van der Waals surface area contributed by atoms with E-state index in [1.165, 1.54) is 0 Å². The first-order valence-corrected chi connectivity index (χ1v) is 3.01. The number of rotatable bonds is 2. The molecule has 0 heterocycles. The zero-order valence-electron chi connectivity index (χ0n) is 4.76. The number of hydrogen-bond donors (Lipinski definition) is 0. The van der Waals surface area contributed by atoms with Crippen LogP contribution in [0.5, 0.6) is 0 Å². The third-order valence-corrected chi connectivity index (χ3v) is 1.17. The van der Waals surface area contributed by atoms with E-state index in [1.807, 2.05) is 6.08 Å². The van der Waals surface area contributed by atoms with Crippen molar-refractivity contribution < 1.29 is 0 Å². The first-order chi connectivity index (χ1) is 3.81. The van der Waals surface area contributed by atoms with Crippen molar-refractivity contribution in [2.24, 2.45) is 4.99 Å². The highest BCUT2D eigenvalue weighted by Crippen LogP contribution is 2.02. The van der Waals surface area contributed by atoms with Gasteiger partial charge in [0.15, 0.2) is 0 Å². The largest absolute Gasteiger partial charge is 0.296 e. The van der Waals surface area contributed by atoms with E-state index in [4.69, 9.17) is 0 Å². The van der Waals surface area contributed by atoms with Gasteiger partial charge in [0, 0.05) is 17.7 Å². The Morgan fingerprint density at radius 2 is 2.38 bits per heavy atom. The van der Waals surface area contributed by atoms with Crippen molar-refractivity contribution in [3.63, 3.8) is 0 Å². The SMILES string of the molecule is C=C/C(Br)=C\C=N/C. The lowest BCUT2D eigenvalue weighted by Crippen LogP contribution is -1.63. The zero-order valence-corrected chi connectivity index (χ0v) is 6.35. The van der Waals surface area contributed by atoms with Gasteiger partial charge in [0.1, 0.15) is 0 Å². The van der Waals surface area contributed by atoms with Crippen LogP contribution in [0.4, 0.5) is 0 Å². The lowest BCUT2D eigenvalue weighted by molar-refractivity contribution is 1.48. The molecule has 0 amide bonds. The van der Waals surface area contributed by atoms with Gasteiger partial charge in [0.25, 0.3) is 0 Å². The van der Waals surface area contributed by atoms with Gasteiger partial charge in [-0.1, -0.05) is 28.6 Å². The standard InChI is InChI=1S/C6H8BrN/c1-3-6(7)4-5-8-2/h3-5H,1H2,2H3/b6-4+,8-5-. The summed E-state index contributed by atoms with van der Waals surface area (Å²) in [6, 6.07) is 0. The smallest absolute Gasteiger partial charge is 0.0277 e. The highest BCUT2D eigenvalue weighted by atomic mass is 79.9. The average molecular weight is 174 g/mol. The Bertz CT molecular complexity index is 124. The van der Waals surface area contributed by atoms with Crippen molar-refractivity contribution in [3.05, 3.63) is 23.2 Å². The summed E-state index contributed by atoms with van der Waals surface area (Å²) < 4.78 is 0.947. The molecular weight excluding hydrogens is 166 g/mol. The van der Waals surface area contributed by atoms with E-state index in [0.29, 0.717) is 0 Å². The molecule has 0 bridgehead atoms. The zero-order chi connectivity index (χ0) is 6.41.